The van der Waals surface area contributed by atoms with Crippen LogP contribution in [0.3, 0.4) is 0 Å². The van der Waals surface area contributed by atoms with Crippen molar-refractivity contribution in [3.63, 3.8) is 0 Å². The highest BCUT2D eigenvalue weighted by Gasteiger charge is 2.40. The van der Waals surface area contributed by atoms with Crippen LogP contribution in [0.5, 0.6) is 0 Å². The lowest BCUT2D eigenvalue weighted by Crippen LogP contribution is -2.26. The van der Waals surface area contributed by atoms with E-state index in [9.17, 15) is 5.11 Å². The standard InChI is InChI=1S/C8H12O/c9-8-5-1-3-7(8)4-2-6-8/h1,5,7,9H,2-4,6H2. The Bertz CT molecular complexity index is 151. The lowest BCUT2D eigenvalue weighted by molar-refractivity contribution is 0.0624. The van der Waals surface area contributed by atoms with E-state index in [0.29, 0.717) is 5.92 Å². The van der Waals surface area contributed by atoms with Crippen molar-refractivity contribution in [2.24, 2.45) is 5.92 Å². The van der Waals surface area contributed by atoms with Gasteiger partial charge in [0.1, 0.15) is 0 Å². The Kier molecular flexibility index (Phi) is 0.974. The van der Waals surface area contributed by atoms with Gasteiger partial charge in [-0.1, -0.05) is 12.2 Å². The third-order valence-electron chi connectivity index (χ3n) is 2.66. The second-order valence-corrected chi connectivity index (χ2v) is 3.22. The molecule has 0 aromatic rings. The van der Waals surface area contributed by atoms with E-state index in [4.69, 9.17) is 0 Å². The SMILES string of the molecule is OC12C=CCC1CCC2. The highest BCUT2D eigenvalue weighted by molar-refractivity contribution is 5.15. The third-order valence-corrected chi connectivity index (χ3v) is 2.66. The Hall–Kier alpha value is -0.300. The van der Waals surface area contributed by atoms with E-state index in [0.717, 1.165) is 12.8 Å². The van der Waals surface area contributed by atoms with Crippen LogP contribution in [-0.2, 0) is 0 Å². The van der Waals surface area contributed by atoms with Crippen molar-refractivity contribution < 1.29 is 5.11 Å². The molecule has 1 fully saturated rings. The zero-order chi connectivity index (χ0) is 6.32. The molecular formula is C8H12O. The van der Waals surface area contributed by atoms with Crippen LogP contribution in [0, 0.1) is 5.92 Å². The molecule has 1 N–H and O–H groups in total. The molecule has 0 aliphatic heterocycles. The van der Waals surface area contributed by atoms with Crippen LogP contribution < -0.4 is 0 Å². The van der Waals surface area contributed by atoms with Gasteiger partial charge in [0.2, 0.25) is 0 Å². The van der Waals surface area contributed by atoms with Gasteiger partial charge in [-0.2, -0.15) is 0 Å². The number of allylic oxidation sites excluding steroid dienone is 1. The van der Waals surface area contributed by atoms with Crippen molar-refractivity contribution >= 4 is 0 Å². The maximum absolute atomic E-state index is 9.74. The summed E-state index contributed by atoms with van der Waals surface area (Å²) in [6.45, 7) is 0. The third kappa shape index (κ3) is 0.645. The first-order valence-electron chi connectivity index (χ1n) is 3.71. The molecule has 9 heavy (non-hydrogen) atoms. The van der Waals surface area contributed by atoms with Gasteiger partial charge in [0, 0.05) is 0 Å². The molecular weight excluding hydrogens is 112 g/mol. The Morgan fingerprint density at radius 1 is 1.56 bits per heavy atom. The van der Waals surface area contributed by atoms with Crippen LogP contribution in [0.2, 0.25) is 0 Å². The minimum absolute atomic E-state index is 0.375. The van der Waals surface area contributed by atoms with Gasteiger partial charge >= 0.3 is 0 Å². The second-order valence-electron chi connectivity index (χ2n) is 3.22. The van der Waals surface area contributed by atoms with Gasteiger partial charge in [-0.15, -0.1) is 0 Å². The van der Waals surface area contributed by atoms with E-state index in [-0.39, 0.29) is 5.60 Å². The van der Waals surface area contributed by atoms with Crippen molar-refractivity contribution in [2.75, 3.05) is 0 Å². The van der Waals surface area contributed by atoms with E-state index < -0.39 is 0 Å². The second kappa shape index (κ2) is 1.60. The quantitative estimate of drug-likeness (QED) is 0.485. The van der Waals surface area contributed by atoms with Gasteiger partial charge in [-0.3, -0.25) is 0 Å². The van der Waals surface area contributed by atoms with Crippen molar-refractivity contribution in [3.8, 4) is 0 Å². The molecule has 2 atom stereocenters. The molecule has 2 unspecified atom stereocenters. The first kappa shape index (κ1) is 5.48. The smallest absolute Gasteiger partial charge is 0.0858 e. The zero-order valence-electron chi connectivity index (χ0n) is 5.51. The first-order valence-corrected chi connectivity index (χ1v) is 3.71. The van der Waals surface area contributed by atoms with Crippen LogP contribution in [0.1, 0.15) is 25.7 Å². The molecule has 1 heteroatoms. The maximum Gasteiger partial charge on any atom is 0.0858 e. The van der Waals surface area contributed by atoms with E-state index in [1.807, 2.05) is 6.08 Å². The highest BCUT2D eigenvalue weighted by Crippen LogP contribution is 2.42. The molecule has 0 spiro atoms. The van der Waals surface area contributed by atoms with Gasteiger partial charge in [0.15, 0.2) is 0 Å². The Morgan fingerprint density at radius 2 is 2.44 bits per heavy atom. The number of hydrogen-bond acceptors (Lipinski definition) is 1. The molecule has 0 amide bonds. The van der Waals surface area contributed by atoms with Crippen molar-refractivity contribution in [1.82, 2.24) is 0 Å². The van der Waals surface area contributed by atoms with Gasteiger partial charge < -0.3 is 5.11 Å². The topological polar surface area (TPSA) is 20.2 Å². The van der Waals surface area contributed by atoms with E-state index in [1.165, 1.54) is 12.8 Å². The molecule has 0 aromatic heterocycles. The predicted octanol–water partition coefficient (Wildman–Crippen LogP) is 1.48. The molecule has 0 heterocycles. The molecule has 0 aromatic carbocycles. The predicted molar refractivity (Wildman–Crippen MR) is 36.0 cm³/mol. The normalized spacial score (nSPS) is 47.9. The fraction of sp³-hybridized carbons (Fsp3) is 0.750. The van der Waals surface area contributed by atoms with Crippen LogP contribution in [0.15, 0.2) is 12.2 Å². The van der Waals surface area contributed by atoms with E-state index >= 15 is 0 Å². The summed E-state index contributed by atoms with van der Waals surface area (Å²) in [5, 5.41) is 9.74. The van der Waals surface area contributed by atoms with Crippen LogP contribution in [0.25, 0.3) is 0 Å². The Morgan fingerprint density at radius 3 is 3.22 bits per heavy atom. The fourth-order valence-corrected chi connectivity index (χ4v) is 2.06. The summed E-state index contributed by atoms with van der Waals surface area (Å²) >= 11 is 0. The van der Waals surface area contributed by atoms with Gasteiger partial charge in [0.05, 0.1) is 5.60 Å². The van der Waals surface area contributed by atoms with Gasteiger partial charge in [-0.25, -0.2) is 0 Å². The molecule has 2 aliphatic rings. The summed E-state index contributed by atoms with van der Waals surface area (Å²) in [6, 6.07) is 0. The largest absolute Gasteiger partial charge is 0.385 e. The summed E-state index contributed by atoms with van der Waals surface area (Å²) in [4.78, 5) is 0. The molecule has 0 bridgehead atoms. The summed E-state index contributed by atoms with van der Waals surface area (Å²) in [7, 11) is 0. The maximum atomic E-state index is 9.74. The minimum atomic E-state index is -0.375. The number of fused-ring (bicyclic) bond motifs is 1. The molecule has 2 aliphatic carbocycles. The summed E-state index contributed by atoms with van der Waals surface area (Å²) in [5.41, 5.74) is -0.375. The average Bonchev–Trinajstić information content (AvgIpc) is 2.22. The summed E-state index contributed by atoms with van der Waals surface area (Å²) < 4.78 is 0. The molecule has 1 nitrogen and oxygen atoms in total. The molecule has 0 radical (unpaired) electrons. The molecule has 2 rings (SSSR count). The number of rotatable bonds is 0. The van der Waals surface area contributed by atoms with Crippen LogP contribution >= 0.6 is 0 Å². The lowest BCUT2D eigenvalue weighted by atomic mass is 9.95. The van der Waals surface area contributed by atoms with E-state index in [2.05, 4.69) is 6.08 Å². The van der Waals surface area contributed by atoms with Gasteiger partial charge in [0.25, 0.3) is 0 Å². The zero-order valence-corrected chi connectivity index (χ0v) is 5.51. The summed E-state index contributed by atoms with van der Waals surface area (Å²) in [6.07, 6.45) is 8.65. The molecule has 50 valence electrons. The first-order chi connectivity index (χ1) is 4.31. The average molecular weight is 124 g/mol. The van der Waals surface area contributed by atoms with Crippen molar-refractivity contribution in [2.45, 2.75) is 31.3 Å². The molecule has 0 saturated heterocycles. The highest BCUT2D eigenvalue weighted by atomic mass is 16.3. The Labute approximate surface area is 55.4 Å². The Balaban J connectivity index is 2.26. The van der Waals surface area contributed by atoms with E-state index in [1.54, 1.807) is 0 Å². The van der Waals surface area contributed by atoms with Crippen molar-refractivity contribution in [1.29, 1.82) is 0 Å². The number of aliphatic hydroxyl groups is 1. The number of hydrogen-bond donors (Lipinski definition) is 1. The van der Waals surface area contributed by atoms with Crippen LogP contribution in [-0.4, -0.2) is 10.7 Å². The van der Waals surface area contributed by atoms with Crippen molar-refractivity contribution in [3.05, 3.63) is 12.2 Å². The van der Waals surface area contributed by atoms with Crippen LogP contribution in [0.4, 0.5) is 0 Å². The lowest BCUT2D eigenvalue weighted by Gasteiger charge is -2.19. The fourth-order valence-electron chi connectivity index (χ4n) is 2.06. The monoisotopic (exact) mass is 124 g/mol. The minimum Gasteiger partial charge on any atom is -0.385 e. The molecule has 1 saturated carbocycles. The van der Waals surface area contributed by atoms with Gasteiger partial charge in [-0.05, 0) is 31.6 Å². The summed E-state index contributed by atoms with van der Waals surface area (Å²) in [5.74, 6) is 0.567.